The molecule has 2 heterocycles. The number of nitrogens with zero attached hydrogens (tertiary/aromatic N) is 2. The van der Waals surface area contributed by atoms with Crippen LogP contribution in [0.4, 0.5) is 4.39 Å². The molecule has 2 saturated heterocycles. The Morgan fingerprint density at radius 2 is 1.66 bits per heavy atom. The molecule has 2 aliphatic rings. The van der Waals surface area contributed by atoms with Gasteiger partial charge in [0.1, 0.15) is 5.82 Å². The van der Waals surface area contributed by atoms with Gasteiger partial charge in [0.15, 0.2) is 0 Å². The molecule has 0 aromatic heterocycles. The zero-order valence-electron chi connectivity index (χ0n) is 17.4. The Hall–Kier alpha value is -1.75. The summed E-state index contributed by atoms with van der Waals surface area (Å²) in [7, 11) is 0. The molecule has 1 N–H and O–H groups in total. The second kappa shape index (κ2) is 9.38. The van der Waals surface area contributed by atoms with E-state index in [0.29, 0.717) is 17.8 Å². The highest BCUT2D eigenvalue weighted by atomic mass is 19.1. The number of halogens is 1. The van der Waals surface area contributed by atoms with Crippen molar-refractivity contribution in [3.8, 4) is 0 Å². The maximum atomic E-state index is 13.2. The van der Waals surface area contributed by atoms with Crippen molar-refractivity contribution < 1.29 is 9.50 Å². The van der Waals surface area contributed by atoms with Crippen LogP contribution in [0.2, 0.25) is 0 Å². The average Bonchev–Trinajstić information content (AvgIpc) is 3.12. The monoisotopic (exact) mass is 396 g/mol. The number of hydrogen-bond acceptors (Lipinski definition) is 3. The van der Waals surface area contributed by atoms with Gasteiger partial charge in [-0.15, -0.1) is 0 Å². The predicted octanol–water partition coefficient (Wildman–Crippen LogP) is 4.13. The number of rotatable bonds is 6. The van der Waals surface area contributed by atoms with Crippen LogP contribution in [0.15, 0.2) is 54.6 Å². The largest absolute Gasteiger partial charge is 0.393 e. The lowest BCUT2D eigenvalue weighted by Crippen LogP contribution is -2.40. The summed E-state index contributed by atoms with van der Waals surface area (Å²) in [5, 5.41) is 10.4. The van der Waals surface area contributed by atoms with Crippen LogP contribution in [0, 0.1) is 17.7 Å². The zero-order chi connectivity index (χ0) is 20.2. The molecule has 3 nitrogen and oxygen atoms in total. The molecule has 4 heteroatoms. The van der Waals surface area contributed by atoms with Gasteiger partial charge in [0.25, 0.3) is 0 Å². The summed E-state index contributed by atoms with van der Waals surface area (Å²) < 4.78 is 13.2. The van der Waals surface area contributed by atoms with Crippen molar-refractivity contribution in [2.24, 2.45) is 11.8 Å². The second-order valence-corrected chi connectivity index (χ2v) is 8.97. The van der Waals surface area contributed by atoms with Gasteiger partial charge in [0.05, 0.1) is 6.10 Å². The average molecular weight is 397 g/mol. The topological polar surface area (TPSA) is 26.7 Å². The Labute approximate surface area is 174 Å². The molecule has 0 saturated carbocycles. The summed E-state index contributed by atoms with van der Waals surface area (Å²) in [6.45, 7) is 8.19. The first-order valence-electron chi connectivity index (χ1n) is 11.0. The van der Waals surface area contributed by atoms with Crippen LogP contribution < -0.4 is 0 Å². The van der Waals surface area contributed by atoms with E-state index in [-0.39, 0.29) is 11.9 Å². The molecule has 2 aromatic carbocycles. The molecule has 29 heavy (non-hydrogen) atoms. The fourth-order valence-electron chi connectivity index (χ4n) is 5.21. The molecule has 0 bridgehead atoms. The minimum Gasteiger partial charge on any atom is -0.393 e. The third kappa shape index (κ3) is 5.25. The smallest absolute Gasteiger partial charge is 0.123 e. The molecule has 3 atom stereocenters. The molecule has 0 amide bonds. The highest BCUT2D eigenvalue weighted by Gasteiger charge is 2.37. The standard InChI is InChI=1S/C25H33FN2O/c1-19(29)25-18-28(15-20-5-3-2-4-6-20)17-23(25)16-27-13-11-22(12-14-27)21-7-9-24(26)10-8-21/h2-10,19,22-23,25,29H,11-18H2,1H3. The number of piperidine rings is 1. The van der Waals surface area contributed by atoms with E-state index in [1.54, 1.807) is 12.1 Å². The third-order valence-electron chi connectivity index (χ3n) is 6.86. The Kier molecular flexibility index (Phi) is 6.63. The van der Waals surface area contributed by atoms with Crippen LogP contribution in [0.3, 0.4) is 0 Å². The lowest BCUT2D eigenvalue weighted by Gasteiger charge is -2.35. The zero-order valence-corrected chi connectivity index (χ0v) is 17.4. The van der Waals surface area contributed by atoms with Gasteiger partial charge in [0, 0.05) is 32.1 Å². The summed E-state index contributed by atoms with van der Waals surface area (Å²) in [4.78, 5) is 5.08. The Bertz CT molecular complexity index is 756. The van der Waals surface area contributed by atoms with Crippen molar-refractivity contribution in [2.45, 2.75) is 38.3 Å². The summed E-state index contributed by atoms with van der Waals surface area (Å²) in [5.74, 6) is 1.24. The summed E-state index contributed by atoms with van der Waals surface area (Å²) in [5.41, 5.74) is 2.61. The number of likely N-dealkylation sites (tertiary alicyclic amines) is 2. The van der Waals surface area contributed by atoms with E-state index in [4.69, 9.17) is 0 Å². The van der Waals surface area contributed by atoms with E-state index < -0.39 is 0 Å². The van der Waals surface area contributed by atoms with E-state index in [9.17, 15) is 9.50 Å². The molecule has 2 aliphatic heterocycles. The van der Waals surface area contributed by atoms with Crippen LogP contribution in [-0.4, -0.2) is 53.7 Å². The number of aliphatic hydroxyl groups excluding tert-OH is 1. The van der Waals surface area contributed by atoms with E-state index in [0.717, 1.165) is 52.1 Å². The highest BCUT2D eigenvalue weighted by molar-refractivity contribution is 5.21. The van der Waals surface area contributed by atoms with Gasteiger partial charge in [-0.2, -0.15) is 0 Å². The molecule has 0 spiro atoms. The second-order valence-electron chi connectivity index (χ2n) is 8.97. The first kappa shape index (κ1) is 20.5. The number of aliphatic hydroxyl groups is 1. The lowest BCUT2D eigenvalue weighted by atomic mass is 9.87. The van der Waals surface area contributed by atoms with Crippen LogP contribution in [0.25, 0.3) is 0 Å². The van der Waals surface area contributed by atoms with Crippen molar-refractivity contribution in [1.29, 1.82) is 0 Å². The molecular formula is C25H33FN2O. The highest BCUT2D eigenvalue weighted by Crippen LogP contribution is 2.32. The van der Waals surface area contributed by atoms with Gasteiger partial charge in [-0.1, -0.05) is 42.5 Å². The molecule has 156 valence electrons. The van der Waals surface area contributed by atoms with Crippen molar-refractivity contribution in [2.75, 3.05) is 32.7 Å². The van der Waals surface area contributed by atoms with Crippen molar-refractivity contribution >= 4 is 0 Å². The molecule has 2 fully saturated rings. The van der Waals surface area contributed by atoms with Gasteiger partial charge in [-0.25, -0.2) is 4.39 Å². The fraction of sp³-hybridized carbons (Fsp3) is 0.520. The van der Waals surface area contributed by atoms with Gasteiger partial charge >= 0.3 is 0 Å². The van der Waals surface area contributed by atoms with E-state index in [1.807, 2.05) is 19.1 Å². The van der Waals surface area contributed by atoms with E-state index in [2.05, 4.69) is 40.1 Å². The molecular weight excluding hydrogens is 363 g/mol. The van der Waals surface area contributed by atoms with E-state index in [1.165, 1.54) is 11.1 Å². The van der Waals surface area contributed by atoms with Crippen LogP contribution in [0.1, 0.15) is 36.8 Å². The van der Waals surface area contributed by atoms with Crippen molar-refractivity contribution in [1.82, 2.24) is 9.80 Å². The Balaban J connectivity index is 1.31. The number of hydrogen-bond donors (Lipinski definition) is 1. The van der Waals surface area contributed by atoms with E-state index >= 15 is 0 Å². The quantitative estimate of drug-likeness (QED) is 0.795. The normalized spacial score (nSPS) is 25.3. The van der Waals surface area contributed by atoms with Crippen LogP contribution in [-0.2, 0) is 6.54 Å². The van der Waals surface area contributed by atoms with Crippen LogP contribution in [0.5, 0.6) is 0 Å². The van der Waals surface area contributed by atoms with Gasteiger partial charge < -0.3 is 10.0 Å². The molecule has 3 unspecified atom stereocenters. The van der Waals surface area contributed by atoms with Gasteiger partial charge in [-0.05, 0) is 68.0 Å². The van der Waals surface area contributed by atoms with Gasteiger partial charge in [-0.3, -0.25) is 4.90 Å². The Morgan fingerprint density at radius 1 is 0.966 bits per heavy atom. The summed E-state index contributed by atoms with van der Waals surface area (Å²) >= 11 is 0. The maximum Gasteiger partial charge on any atom is 0.123 e. The summed E-state index contributed by atoms with van der Waals surface area (Å²) in [6.07, 6.45) is 1.99. The SMILES string of the molecule is CC(O)C1CN(Cc2ccccc2)CC1CN1CCC(c2ccc(F)cc2)CC1. The minimum absolute atomic E-state index is 0.156. The van der Waals surface area contributed by atoms with Gasteiger partial charge in [0.2, 0.25) is 0 Å². The molecule has 0 radical (unpaired) electrons. The molecule has 4 rings (SSSR count). The third-order valence-corrected chi connectivity index (χ3v) is 6.86. The summed E-state index contributed by atoms with van der Waals surface area (Å²) in [6, 6.07) is 17.7. The Morgan fingerprint density at radius 3 is 2.31 bits per heavy atom. The first-order valence-corrected chi connectivity index (χ1v) is 11.0. The molecule has 0 aliphatic carbocycles. The maximum absolute atomic E-state index is 13.2. The van der Waals surface area contributed by atoms with Crippen LogP contribution >= 0.6 is 0 Å². The lowest BCUT2D eigenvalue weighted by molar-refractivity contribution is 0.0873. The minimum atomic E-state index is -0.266. The fourth-order valence-corrected chi connectivity index (χ4v) is 5.21. The van der Waals surface area contributed by atoms with Crippen molar-refractivity contribution in [3.63, 3.8) is 0 Å². The van der Waals surface area contributed by atoms with Crippen molar-refractivity contribution in [3.05, 3.63) is 71.5 Å². The molecule has 2 aromatic rings. The first-order chi connectivity index (χ1) is 14.1. The number of benzene rings is 2. The predicted molar refractivity (Wildman–Crippen MR) is 115 cm³/mol.